The Morgan fingerprint density at radius 2 is 1.97 bits per heavy atom. The van der Waals surface area contributed by atoms with E-state index in [2.05, 4.69) is 4.99 Å². The number of rotatable bonds is 7. The summed E-state index contributed by atoms with van der Waals surface area (Å²) in [5.41, 5.74) is 1.56. The summed E-state index contributed by atoms with van der Waals surface area (Å²) in [6.07, 6.45) is 2.72. The maximum Gasteiger partial charge on any atom is 0.335 e. The molecule has 1 heterocycles. The summed E-state index contributed by atoms with van der Waals surface area (Å²) < 4.78 is 5.79. The fraction of sp³-hybridized carbons (Fsp3) is 0.261. The van der Waals surface area contributed by atoms with Gasteiger partial charge in [-0.15, -0.1) is 0 Å². The molecule has 1 fully saturated rings. The zero-order valence-electron chi connectivity index (χ0n) is 17.5. The first-order valence-corrected chi connectivity index (χ1v) is 11.1. The van der Waals surface area contributed by atoms with Crippen molar-refractivity contribution in [2.75, 3.05) is 6.54 Å². The van der Waals surface area contributed by atoms with Gasteiger partial charge in [-0.05, 0) is 80.1 Å². The first-order chi connectivity index (χ1) is 14.8. The first kappa shape index (κ1) is 22.9. The number of halogens is 1. The summed E-state index contributed by atoms with van der Waals surface area (Å²) >= 11 is 7.63. The van der Waals surface area contributed by atoms with Gasteiger partial charge in [0.1, 0.15) is 5.75 Å². The topological polar surface area (TPSA) is 79.2 Å². The number of amides is 1. The van der Waals surface area contributed by atoms with Gasteiger partial charge in [0.15, 0.2) is 5.17 Å². The average Bonchev–Trinajstić information content (AvgIpc) is 3.04. The molecule has 1 saturated heterocycles. The minimum atomic E-state index is -0.996. The molecule has 1 aliphatic heterocycles. The highest BCUT2D eigenvalue weighted by Gasteiger charge is 2.32. The summed E-state index contributed by atoms with van der Waals surface area (Å²) in [6.45, 7) is 6.37. The van der Waals surface area contributed by atoms with Crippen LogP contribution >= 0.6 is 23.4 Å². The van der Waals surface area contributed by atoms with Crippen LogP contribution in [-0.2, 0) is 4.79 Å². The molecule has 8 heteroatoms. The van der Waals surface area contributed by atoms with Crippen LogP contribution in [0, 0.1) is 0 Å². The van der Waals surface area contributed by atoms with Crippen molar-refractivity contribution in [1.29, 1.82) is 0 Å². The summed E-state index contributed by atoms with van der Waals surface area (Å²) in [7, 11) is 0. The fourth-order valence-corrected chi connectivity index (χ4v) is 4.11. The minimum absolute atomic E-state index is 0.0649. The molecule has 162 valence electrons. The molecule has 0 saturated carbocycles. The van der Waals surface area contributed by atoms with Crippen molar-refractivity contribution in [3.05, 3.63) is 63.5 Å². The van der Waals surface area contributed by atoms with Crippen LogP contribution in [0.25, 0.3) is 6.08 Å². The van der Waals surface area contributed by atoms with E-state index in [1.54, 1.807) is 29.2 Å². The Morgan fingerprint density at radius 1 is 1.26 bits per heavy atom. The molecule has 1 amide bonds. The first-order valence-electron chi connectivity index (χ1n) is 9.92. The average molecular weight is 459 g/mol. The number of aromatic carboxylic acids is 1. The molecule has 0 spiro atoms. The molecule has 0 aliphatic carbocycles. The summed E-state index contributed by atoms with van der Waals surface area (Å²) in [6, 6.07) is 11.7. The van der Waals surface area contributed by atoms with Crippen LogP contribution in [0.4, 0.5) is 5.69 Å². The standard InChI is InChI=1S/C23H23ClN2O4S/c1-4-14(3)30-19-11-6-15(12-18(19)24)13-20-21(27)26(5-2)23(31-20)25-17-9-7-16(8-10-17)22(28)29/h6-14H,4-5H2,1-3H3,(H,28,29)/b20-13-,25-23?/t14-/m0/s1. The number of carbonyl (C=O) groups is 2. The summed E-state index contributed by atoms with van der Waals surface area (Å²) in [5, 5.41) is 10.1. The lowest BCUT2D eigenvalue weighted by Crippen LogP contribution is -2.28. The molecule has 3 rings (SSSR count). The van der Waals surface area contributed by atoms with Crippen LogP contribution in [0.3, 0.4) is 0 Å². The molecule has 0 radical (unpaired) electrons. The highest BCUT2D eigenvalue weighted by molar-refractivity contribution is 8.18. The maximum absolute atomic E-state index is 12.8. The van der Waals surface area contributed by atoms with Crippen LogP contribution in [-0.4, -0.2) is 39.7 Å². The number of hydrogen-bond donors (Lipinski definition) is 1. The number of aliphatic imine (C=N–C) groups is 1. The van der Waals surface area contributed by atoms with Crippen LogP contribution in [0.5, 0.6) is 5.75 Å². The second-order valence-corrected chi connectivity index (χ2v) is 8.35. The van der Waals surface area contributed by atoms with Crippen molar-refractivity contribution < 1.29 is 19.4 Å². The number of carboxylic acids is 1. The van der Waals surface area contributed by atoms with E-state index in [1.165, 1.54) is 23.9 Å². The second-order valence-electron chi connectivity index (χ2n) is 6.93. The highest BCUT2D eigenvalue weighted by Crippen LogP contribution is 2.35. The molecule has 1 atom stereocenters. The second kappa shape index (κ2) is 10.0. The molecule has 0 bridgehead atoms. The molecule has 1 N–H and O–H groups in total. The van der Waals surface area contributed by atoms with Crippen molar-refractivity contribution in [3.63, 3.8) is 0 Å². The Hall–Kier alpha value is -2.77. The molecule has 6 nitrogen and oxygen atoms in total. The number of ether oxygens (including phenoxy) is 1. The molecule has 2 aromatic carbocycles. The Morgan fingerprint density at radius 3 is 2.55 bits per heavy atom. The van der Waals surface area contributed by atoms with E-state index in [-0.39, 0.29) is 17.6 Å². The monoisotopic (exact) mass is 458 g/mol. The van der Waals surface area contributed by atoms with E-state index in [0.29, 0.717) is 33.1 Å². The predicted octanol–water partition coefficient (Wildman–Crippen LogP) is 5.84. The van der Waals surface area contributed by atoms with Gasteiger partial charge in [0.2, 0.25) is 0 Å². The molecular formula is C23H23ClN2O4S. The van der Waals surface area contributed by atoms with E-state index < -0.39 is 5.97 Å². The summed E-state index contributed by atoms with van der Waals surface area (Å²) in [5.74, 6) is -0.514. The number of nitrogens with zero attached hydrogens (tertiary/aromatic N) is 2. The van der Waals surface area contributed by atoms with Gasteiger partial charge in [-0.2, -0.15) is 0 Å². The number of carboxylic acid groups (broad SMARTS) is 1. The largest absolute Gasteiger partial charge is 0.489 e. The highest BCUT2D eigenvalue weighted by atomic mass is 35.5. The van der Waals surface area contributed by atoms with Gasteiger partial charge in [-0.1, -0.05) is 24.6 Å². The third kappa shape index (κ3) is 5.48. The van der Waals surface area contributed by atoms with Crippen LogP contribution in [0.15, 0.2) is 52.4 Å². The van der Waals surface area contributed by atoms with Gasteiger partial charge in [-0.25, -0.2) is 9.79 Å². The smallest absolute Gasteiger partial charge is 0.335 e. The predicted molar refractivity (Wildman–Crippen MR) is 125 cm³/mol. The fourth-order valence-electron chi connectivity index (χ4n) is 2.81. The van der Waals surface area contributed by atoms with Gasteiger partial charge in [0, 0.05) is 6.54 Å². The van der Waals surface area contributed by atoms with Gasteiger partial charge in [-0.3, -0.25) is 9.69 Å². The van der Waals surface area contributed by atoms with E-state index in [4.69, 9.17) is 21.4 Å². The number of hydrogen-bond acceptors (Lipinski definition) is 5. The number of carbonyl (C=O) groups excluding carboxylic acids is 1. The van der Waals surface area contributed by atoms with E-state index in [0.717, 1.165) is 12.0 Å². The Bertz CT molecular complexity index is 1050. The van der Waals surface area contributed by atoms with Gasteiger partial charge >= 0.3 is 5.97 Å². The van der Waals surface area contributed by atoms with Crippen molar-refractivity contribution in [3.8, 4) is 5.75 Å². The van der Waals surface area contributed by atoms with Gasteiger partial charge < -0.3 is 9.84 Å². The molecule has 31 heavy (non-hydrogen) atoms. The molecular weight excluding hydrogens is 436 g/mol. The zero-order chi connectivity index (χ0) is 22.5. The van der Waals surface area contributed by atoms with E-state index in [1.807, 2.05) is 32.9 Å². The van der Waals surface area contributed by atoms with Gasteiger partial charge in [0.25, 0.3) is 5.91 Å². The Balaban J connectivity index is 1.84. The Kier molecular flexibility index (Phi) is 7.41. The van der Waals surface area contributed by atoms with Crippen molar-refractivity contribution in [1.82, 2.24) is 4.90 Å². The number of thioether (sulfide) groups is 1. The van der Waals surface area contributed by atoms with Crippen LogP contribution < -0.4 is 4.74 Å². The summed E-state index contributed by atoms with van der Waals surface area (Å²) in [4.78, 5) is 30.5. The molecule has 2 aromatic rings. The van der Waals surface area contributed by atoms with Gasteiger partial charge in [0.05, 0.1) is 27.3 Å². The number of likely N-dealkylation sites (N-methyl/N-ethyl adjacent to an activating group) is 1. The molecule has 1 aliphatic rings. The van der Waals surface area contributed by atoms with E-state index in [9.17, 15) is 9.59 Å². The van der Waals surface area contributed by atoms with Crippen LogP contribution in [0.2, 0.25) is 5.02 Å². The number of amidine groups is 1. The van der Waals surface area contributed by atoms with Crippen molar-refractivity contribution >= 4 is 52.2 Å². The quantitative estimate of drug-likeness (QED) is 0.527. The lowest BCUT2D eigenvalue weighted by molar-refractivity contribution is -0.122. The SMILES string of the molecule is CC[C@H](C)Oc1ccc(/C=C2\SC(=Nc3ccc(C(=O)O)cc3)N(CC)C2=O)cc1Cl. The van der Waals surface area contributed by atoms with Crippen molar-refractivity contribution in [2.24, 2.45) is 4.99 Å². The third-order valence-electron chi connectivity index (χ3n) is 4.70. The zero-order valence-corrected chi connectivity index (χ0v) is 19.0. The molecule has 0 unspecified atom stereocenters. The number of benzene rings is 2. The minimum Gasteiger partial charge on any atom is -0.489 e. The molecule has 0 aromatic heterocycles. The lowest BCUT2D eigenvalue weighted by Gasteiger charge is -2.14. The lowest BCUT2D eigenvalue weighted by atomic mass is 10.2. The van der Waals surface area contributed by atoms with Crippen LogP contribution in [0.1, 0.15) is 43.1 Å². The van der Waals surface area contributed by atoms with E-state index >= 15 is 0 Å². The van der Waals surface area contributed by atoms with Crippen molar-refractivity contribution in [2.45, 2.75) is 33.3 Å². The third-order valence-corrected chi connectivity index (χ3v) is 6.00. The maximum atomic E-state index is 12.8. The normalized spacial score (nSPS) is 17.4. The Labute approximate surface area is 190 Å².